The molecule has 4 heteroatoms. The summed E-state index contributed by atoms with van der Waals surface area (Å²) in [5, 5.41) is 3.48. The fraction of sp³-hybridized carbons (Fsp3) is 0.588. The third-order valence-electron chi connectivity index (χ3n) is 4.17. The van der Waals surface area contributed by atoms with Crippen LogP contribution in [-0.4, -0.2) is 26.2 Å². The van der Waals surface area contributed by atoms with Crippen molar-refractivity contribution in [1.29, 1.82) is 0 Å². The summed E-state index contributed by atoms with van der Waals surface area (Å²) in [6.07, 6.45) is 3.24. The molecule has 0 saturated heterocycles. The molecule has 0 aliphatic heterocycles. The third-order valence-corrected chi connectivity index (χ3v) is 4.17. The molecule has 21 heavy (non-hydrogen) atoms. The number of carbonyl (C=O) groups is 1. The number of ether oxygens (including phenoxy) is 2. The maximum atomic E-state index is 12.0. The minimum Gasteiger partial charge on any atom is -0.497 e. The summed E-state index contributed by atoms with van der Waals surface area (Å²) in [6.45, 7) is 4.06. The van der Waals surface area contributed by atoms with E-state index in [1.165, 1.54) is 18.2 Å². The van der Waals surface area contributed by atoms with Crippen molar-refractivity contribution >= 4 is 5.97 Å². The van der Waals surface area contributed by atoms with Gasteiger partial charge in [0.15, 0.2) is 0 Å². The highest BCUT2D eigenvalue weighted by Crippen LogP contribution is 2.33. The molecule has 2 unspecified atom stereocenters. The van der Waals surface area contributed by atoms with Gasteiger partial charge in [0, 0.05) is 6.04 Å². The van der Waals surface area contributed by atoms with E-state index in [0.717, 1.165) is 25.0 Å². The second-order valence-electron chi connectivity index (χ2n) is 5.92. The van der Waals surface area contributed by atoms with Crippen molar-refractivity contribution in [3.8, 4) is 5.75 Å². The van der Waals surface area contributed by atoms with E-state index in [0.29, 0.717) is 0 Å². The third kappa shape index (κ3) is 3.56. The molecule has 0 fully saturated rings. The molecule has 4 nitrogen and oxygen atoms in total. The maximum Gasteiger partial charge on any atom is 0.323 e. The fourth-order valence-electron chi connectivity index (χ4n) is 2.95. The number of carbonyl (C=O) groups excluding carboxylic acids is 1. The normalized spacial score (nSPS) is 19.0. The highest BCUT2D eigenvalue weighted by Gasteiger charge is 2.29. The average Bonchev–Trinajstić information content (AvgIpc) is 2.51. The van der Waals surface area contributed by atoms with Crippen molar-refractivity contribution in [1.82, 2.24) is 5.32 Å². The van der Waals surface area contributed by atoms with Gasteiger partial charge in [0.2, 0.25) is 0 Å². The van der Waals surface area contributed by atoms with E-state index in [2.05, 4.69) is 17.4 Å². The lowest BCUT2D eigenvalue weighted by Crippen LogP contribution is -2.44. The zero-order valence-electron chi connectivity index (χ0n) is 13.3. The molecule has 1 aliphatic rings. The second kappa shape index (κ2) is 6.94. The molecular formula is C17H25NO3. The minimum absolute atomic E-state index is 0.176. The smallest absolute Gasteiger partial charge is 0.323 e. The number of hydrogen-bond acceptors (Lipinski definition) is 4. The minimum atomic E-state index is -0.280. The van der Waals surface area contributed by atoms with Crippen molar-refractivity contribution < 1.29 is 14.3 Å². The van der Waals surface area contributed by atoms with Gasteiger partial charge in [-0.3, -0.25) is 10.1 Å². The highest BCUT2D eigenvalue weighted by atomic mass is 16.5. The molecule has 0 radical (unpaired) electrons. The van der Waals surface area contributed by atoms with Crippen molar-refractivity contribution in [3.05, 3.63) is 29.3 Å². The van der Waals surface area contributed by atoms with Crippen LogP contribution in [0.1, 0.15) is 43.9 Å². The Bertz CT molecular complexity index is 499. The van der Waals surface area contributed by atoms with Gasteiger partial charge in [-0.15, -0.1) is 0 Å². The van der Waals surface area contributed by atoms with E-state index in [-0.39, 0.29) is 24.0 Å². The topological polar surface area (TPSA) is 47.6 Å². The van der Waals surface area contributed by atoms with Crippen LogP contribution in [0.3, 0.4) is 0 Å². The van der Waals surface area contributed by atoms with Gasteiger partial charge in [0.1, 0.15) is 11.8 Å². The quantitative estimate of drug-likeness (QED) is 0.847. The molecule has 1 aromatic carbocycles. The van der Waals surface area contributed by atoms with Gasteiger partial charge in [0.25, 0.3) is 0 Å². The molecule has 2 atom stereocenters. The molecule has 116 valence electrons. The number of hydrogen-bond donors (Lipinski definition) is 1. The summed E-state index contributed by atoms with van der Waals surface area (Å²) in [7, 11) is 3.12. The SMILES string of the molecule is COC(=O)C(NC1CCCc2ccc(OC)cc21)C(C)C. The van der Waals surface area contributed by atoms with Crippen LogP contribution in [-0.2, 0) is 16.0 Å². The summed E-state index contributed by atoms with van der Waals surface area (Å²) in [5.74, 6) is 0.857. The Balaban J connectivity index is 2.24. The van der Waals surface area contributed by atoms with Gasteiger partial charge in [-0.05, 0) is 48.4 Å². The monoisotopic (exact) mass is 291 g/mol. The first kappa shape index (κ1) is 15.8. The van der Waals surface area contributed by atoms with Crippen molar-refractivity contribution in [2.75, 3.05) is 14.2 Å². The first-order chi connectivity index (χ1) is 10.1. The van der Waals surface area contributed by atoms with E-state index < -0.39 is 0 Å². The second-order valence-corrected chi connectivity index (χ2v) is 5.92. The molecule has 0 saturated carbocycles. The van der Waals surface area contributed by atoms with Gasteiger partial charge in [-0.1, -0.05) is 19.9 Å². The number of esters is 1. The van der Waals surface area contributed by atoms with Crippen LogP contribution >= 0.6 is 0 Å². The van der Waals surface area contributed by atoms with Crippen molar-refractivity contribution in [2.24, 2.45) is 5.92 Å². The molecule has 2 rings (SSSR count). The first-order valence-corrected chi connectivity index (χ1v) is 7.57. The molecule has 0 bridgehead atoms. The van der Waals surface area contributed by atoms with Crippen LogP contribution in [0.4, 0.5) is 0 Å². The summed E-state index contributed by atoms with van der Waals surface area (Å²) in [4.78, 5) is 12.0. The lowest BCUT2D eigenvalue weighted by atomic mass is 9.86. The number of benzene rings is 1. The Morgan fingerprint density at radius 1 is 1.33 bits per heavy atom. The van der Waals surface area contributed by atoms with E-state index in [9.17, 15) is 4.79 Å². The Hall–Kier alpha value is -1.55. The molecule has 0 heterocycles. The molecule has 1 aliphatic carbocycles. The molecular weight excluding hydrogens is 266 g/mol. The lowest BCUT2D eigenvalue weighted by Gasteiger charge is -2.31. The Morgan fingerprint density at radius 2 is 2.10 bits per heavy atom. The van der Waals surface area contributed by atoms with Gasteiger partial charge >= 0.3 is 5.97 Å². The number of rotatable bonds is 5. The first-order valence-electron chi connectivity index (χ1n) is 7.57. The van der Waals surface area contributed by atoms with E-state index in [1.54, 1.807) is 7.11 Å². The lowest BCUT2D eigenvalue weighted by molar-refractivity contribution is -0.144. The van der Waals surface area contributed by atoms with Crippen molar-refractivity contribution in [2.45, 2.75) is 45.2 Å². The Kier molecular flexibility index (Phi) is 5.23. The largest absolute Gasteiger partial charge is 0.497 e. The van der Waals surface area contributed by atoms with Gasteiger partial charge in [0.05, 0.1) is 14.2 Å². The van der Waals surface area contributed by atoms with Gasteiger partial charge in [-0.2, -0.15) is 0 Å². The number of fused-ring (bicyclic) bond motifs is 1. The van der Waals surface area contributed by atoms with E-state index >= 15 is 0 Å². The summed E-state index contributed by atoms with van der Waals surface area (Å²) in [5.41, 5.74) is 2.59. The van der Waals surface area contributed by atoms with Gasteiger partial charge in [-0.25, -0.2) is 0 Å². The molecule has 1 N–H and O–H groups in total. The molecule has 1 aromatic rings. The number of nitrogens with one attached hydrogen (secondary N) is 1. The standard InChI is InChI=1S/C17H25NO3/c1-11(2)16(17(19)21-4)18-15-7-5-6-12-8-9-13(20-3)10-14(12)15/h8-11,15-16,18H,5-7H2,1-4H3. The van der Waals surface area contributed by atoms with Crippen LogP contribution in [0.25, 0.3) is 0 Å². The zero-order chi connectivity index (χ0) is 15.4. The highest BCUT2D eigenvalue weighted by molar-refractivity contribution is 5.76. The van der Waals surface area contributed by atoms with Crippen LogP contribution < -0.4 is 10.1 Å². The van der Waals surface area contributed by atoms with E-state index in [4.69, 9.17) is 9.47 Å². The van der Waals surface area contributed by atoms with Crippen LogP contribution in [0.2, 0.25) is 0 Å². The average molecular weight is 291 g/mol. The number of aryl methyl sites for hydroxylation is 1. The fourth-order valence-corrected chi connectivity index (χ4v) is 2.95. The van der Waals surface area contributed by atoms with Crippen molar-refractivity contribution in [3.63, 3.8) is 0 Å². The Labute approximate surface area is 126 Å². The van der Waals surface area contributed by atoms with Gasteiger partial charge < -0.3 is 9.47 Å². The summed E-state index contributed by atoms with van der Waals surface area (Å²) in [6, 6.07) is 6.11. The number of methoxy groups -OCH3 is 2. The van der Waals surface area contributed by atoms with E-state index in [1.807, 2.05) is 19.9 Å². The molecule has 0 spiro atoms. The zero-order valence-corrected chi connectivity index (χ0v) is 13.3. The summed E-state index contributed by atoms with van der Waals surface area (Å²) >= 11 is 0. The van der Waals surface area contributed by atoms with Crippen LogP contribution in [0, 0.1) is 5.92 Å². The predicted molar refractivity (Wildman–Crippen MR) is 82.5 cm³/mol. The summed E-state index contributed by atoms with van der Waals surface area (Å²) < 4.78 is 10.3. The predicted octanol–water partition coefficient (Wildman–Crippen LogP) is 2.86. The van der Waals surface area contributed by atoms with Crippen LogP contribution in [0.15, 0.2) is 18.2 Å². The Morgan fingerprint density at radius 3 is 2.71 bits per heavy atom. The molecule has 0 aromatic heterocycles. The maximum absolute atomic E-state index is 12.0. The van der Waals surface area contributed by atoms with Crippen LogP contribution in [0.5, 0.6) is 5.75 Å². The molecule has 0 amide bonds.